The average molecular weight is 207 g/mol. The summed E-state index contributed by atoms with van der Waals surface area (Å²) in [5.74, 6) is -2.23. The molecule has 0 amide bonds. The Hall–Kier alpha value is -1.16. The van der Waals surface area contributed by atoms with Gasteiger partial charge in [-0.3, -0.25) is 4.79 Å². The lowest BCUT2D eigenvalue weighted by atomic mass is 10.2. The second-order valence-corrected chi connectivity index (χ2v) is 2.60. The summed E-state index contributed by atoms with van der Waals surface area (Å²) in [5, 5.41) is -0.706. The van der Waals surface area contributed by atoms with Crippen molar-refractivity contribution >= 4 is 17.9 Å². The molecular weight excluding hydrogens is 202 g/mol. The number of benzene rings is 1. The van der Waals surface area contributed by atoms with E-state index in [2.05, 4.69) is 4.74 Å². The van der Waals surface area contributed by atoms with Crippen LogP contribution >= 0.6 is 11.6 Å². The van der Waals surface area contributed by atoms with Crippen LogP contribution in [0.25, 0.3) is 0 Å². The molecule has 0 spiro atoms. The summed E-state index contributed by atoms with van der Waals surface area (Å²) in [4.78, 5) is 10.4. The van der Waals surface area contributed by atoms with E-state index in [1.807, 2.05) is 0 Å². The van der Waals surface area contributed by atoms with Crippen molar-refractivity contribution in [3.05, 3.63) is 28.3 Å². The van der Waals surface area contributed by atoms with E-state index in [-0.39, 0.29) is 17.6 Å². The number of aldehydes is 1. The van der Waals surface area contributed by atoms with Crippen molar-refractivity contribution in [3.63, 3.8) is 0 Å². The van der Waals surface area contributed by atoms with Crippen LogP contribution in [0.4, 0.5) is 8.78 Å². The van der Waals surface area contributed by atoms with Crippen LogP contribution < -0.4 is 4.74 Å². The van der Waals surface area contributed by atoms with E-state index in [0.29, 0.717) is 0 Å². The van der Waals surface area contributed by atoms with E-state index in [1.54, 1.807) is 0 Å². The zero-order chi connectivity index (χ0) is 10.0. The zero-order valence-corrected chi connectivity index (χ0v) is 7.36. The van der Waals surface area contributed by atoms with Gasteiger partial charge in [0, 0.05) is 6.07 Å². The molecule has 1 aromatic carbocycles. The second kappa shape index (κ2) is 3.70. The van der Waals surface area contributed by atoms with Gasteiger partial charge < -0.3 is 4.74 Å². The second-order valence-electron chi connectivity index (χ2n) is 2.22. The highest BCUT2D eigenvalue weighted by Crippen LogP contribution is 2.28. The molecule has 1 aromatic rings. The third-order valence-electron chi connectivity index (χ3n) is 1.50. The van der Waals surface area contributed by atoms with E-state index >= 15 is 0 Å². The summed E-state index contributed by atoms with van der Waals surface area (Å²) in [5.41, 5.74) is -0.381. The van der Waals surface area contributed by atoms with Crippen molar-refractivity contribution in [3.8, 4) is 5.75 Å². The maximum absolute atomic E-state index is 13.0. The number of rotatable bonds is 2. The topological polar surface area (TPSA) is 26.3 Å². The van der Waals surface area contributed by atoms with Gasteiger partial charge in [-0.25, -0.2) is 8.78 Å². The fourth-order valence-corrected chi connectivity index (χ4v) is 1.02. The number of halogens is 3. The molecule has 0 atom stereocenters. The predicted molar refractivity (Wildman–Crippen MR) is 43.3 cm³/mol. The van der Waals surface area contributed by atoms with E-state index in [0.717, 1.165) is 6.07 Å². The quantitative estimate of drug-likeness (QED) is 0.549. The molecule has 0 bridgehead atoms. The van der Waals surface area contributed by atoms with Crippen LogP contribution in [0.1, 0.15) is 10.4 Å². The Balaban J connectivity index is 3.47. The van der Waals surface area contributed by atoms with Crippen LogP contribution in [-0.4, -0.2) is 13.4 Å². The molecule has 0 saturated carbocycles. The summed E-state index contributed by atoms with van der Waals surface area (Å²) >= 11 is 5.23. The summed E-state index contributed by atoms with van der Waals surface area (Å²) < 4.78 is 30.4. The largest absolute Gasteiger partial charge is 0.496 e. The number of carbonyl (C=O) groups is 1. The fourth-order valence-electron chi connectivity index (χ4n) is 0.866. The van der Waals surface area contributed by atoms with Gasteiger partial charge in [-0.2, -0.15) is 0 Å². The first-order chi connectivity index (χ1) is 6.11. The van der Waals surface area contributed by atoms with Crippen LogP contribution in [0.3, 0.4) is 0 Å². The number of carbonyl (C=O) groups excluding carboxylic acids is 1. The van der Waals surface area contributed by atoms with Crippen molar-refractivity contribution < 1.29 is 18.3 Å². The first-order valence-corrected chi connectivity index (χ1v) is 3.66. The van der Waals surface area contributed by atoms with Crippen molar-refractivity contribution in [2.24, 2.45) is 0 Å². The van der Waals surface area contributed by atoms with Gasteiger partial charge in [-0.15, -0.1) is 0 Å². The summed E-state index contributed by atoms with van der Waals surface area (Å²) in [6.07, 6.45) is 0.222. The third-order valence-corrected chi connectivity index (χ3v) is 1.85. The maximum atomic E-state index is 13.0. The highest BCUT2D eigenvalue weighted by atomic mass is 35.5. The molecular formula is C8H5ClF2O2. The van der Waals surface area contributed by atoms with Gasteiger partial charge in [0.15, 0.2) is 12.1 Å². The fraction of sp³-hybridized carbons (Fsp3) is 0.125. The van der Waals surface area contributed by atoms with Crippen LogP contribution in [0, 0.1) is 11.6 Å². The Morgan fingerprint density at radius 3 is 2.62 bits per heavy atom. The summed E-state index contributed by atoms with van der Waals surface area (Å²) in [6.45, 7) is 0. The number of hydrogen-bond donors (Lipinski definition) is 0. The lowest BCUT2D eigenvalue weighted by Gasteiger charge is -2.05. The van der Waals surface area contributed by atoms with Gasteiger partial charge in [-0.05, 0) is 0 Å². The van der Waals surface area contributed by atoms with Crippen molar-refractivity contribution in [2.75, 3.05) is 7.11 Å². The Bertz CT molecular complexity index is 352. The Kier molecular flexibility index (Phi) is 2.83. The van der Waals surface area contributed by atoms with Gasteiger partial charge in [0.25, 0.3) is 0 Å². The molecule has 2 nitrogen and oxygen atoms in total. The molecule has 70 valence electrons. The minimum Gasteiger partial charge on any atom is -0.496 e. The maximum Gasteiger partial charge on any atom is 0.159 e. The molecule has 0 fully saturated rings. The Morgan fingerprint density at radius 2 is 2.15 bits per heavy atom. The van der Waals surface area contributed by atoms with Crippen LogP contribution in [0.2, 0.25) is 5.02 Å². The molecule has 5 heteroatoms. The number of hydrogen-bond acceptors (Lipinski definition) is 2. The molecule has 0 aliphatic heterocycles. The molecule has 0 aliphatic rings. The van der Waals surface area contributed by atoms with Crippen molar-refractivity contribution in [2.45, 2.75) is 0 Å². The van der Waals surface area contributed by atoms with Gasteiger partial charge in [0.2, 0.25) is 0 Å². The van der Waals surface area contributed by atoms with E-state index in [1.165, 1.54) is 7.11 Å². The van der Waals surface area contributed by atoms with Crippen LogP contribution in [0.15, 0.2) is 6.07 Å². The highest BCUT2D eigenvalue weighted by molar-refractivity contribution is 6.31. The lowest BCUT2D eigenvalue weighted by Crippen LogP contribution is -1.97. The molecule has 0 aliphatic carbocycles. The van der Waals surface area contributed by atoms with Gasteiger partial charge in [0.05, 0.1) is 12.7 Å². The summed E-state index contributed by atoms with van der Waals surface area (Å²) in [6, 6.07) is 0.856. The monoisotopic (exact) mass is 206 g/mol. The van der Waals surface area contributed by atoms with Gasteiger partial charge in [-0.1, -0.05) is 11.6 Å². The van der Waals surface area contributed by atoms with Gasteiger partial charge >= 0.3 is 0 Å². The Morgan fingerprint density at radius 1 is 1.54 bits per heavy atom. The van der Waals surface area contributed by atoms with E-state index in [9.17, 15) is 13.6 Å². The normalized spacial score (nSPS) is 9.85. The molecule has 13 heavy (non-hydrogen) atoms. The minimum absolute atomic E-state index is 0.172. The first kappa shape index (κ1) is 9.92. The predicted octanol–water partition coefficient (Wildman–Crippen LogP) is 2.44. The van der Waals surface area contributed by atoms with Crippen molar-refractivity contribution in [1.82, 2.24) is 0 Å². The average Bonchev–Trinajstić information content (AvgIpc) is 2.13. The highest BCUT2D eigenvalue weighted by Gasteiger charge is 2.16. The first-order valence-electron chi connectivity index (χ1n) is 3.28. The molecule has 1 rings (SSSR count). The molecule has 0 unspecified atom stereocenters. The minimum atomic E-state index is -1.10. The lowest BCUT2D eigenvalue weighted by molar-refractivity contribution is 0.111. The third kappa shape index (κ3) is 1.62. The molecule has 0 saturated heterocycles. The zero-order valence-electron chi connectivity index (χ0n) is 6.61. The molecule has 0 aromatic heterocycles. The molecule has 0 N–H and O–H groups in total. The Labute approximate surface area is 78.1 Å². The van der Waals surface area contributed by atoms with Crippen molar-refractivity contribution in [1.29, 1.82) is 0 Å². The summed E-state index contributed by atoms with van der Waals surface area (Å²) in [7, 11) is 1.20. The standard InChI is InChI=1S/C8H5ClF2O2/c1-13-6-2-5(10)7(9)8(11)4(6)3-12/h2-3H,1H3. The number of methoxy groups -OCH3 is 1. The van der Waals surface area contributed by atoms with E-state index in [4.69, 9.17) is 11.6 Å². The van der Waals surface area contributed by atoms with Crippen LogP contribution in [-0.2, 0) is 0 Å². The van der Waals surface area contributed by atoms with Crippen LogP contribution in [0.5, 0.6) is 5.75 Å². The van der Waals surface area contributed by atoms with E-state index < -0.39 is 16.7 Å². The number of ether oxygens (including phenoxy) is 1. The SMILES string of the molecule is COc1cc(F)c(Cl)c(F)c1C=O. The molecule has 0 radical (unpaired) electrons. The molecule has 0 heterocycles. The smallest absolute Gasteiger partial charge is 0.159 e. The van der Waals surface area contributed by atoms with Gasteiger partial charge in [0.1, 0.15) is 16.6 Å².